The van der Waals surface area contributed by atoms with Gasteiger partial charge in [0.05, 0.1) is 20.3 Å². The van der Waals surface area contributed by atoms with Crippen LogP contribution in [-0.4, -0.2) is 54.5 Å². The first-order valence-corrected chi connectivity index (χ1v) is 9.22. The molecule has 2 heterocycles. The number of carbonyl (C=O) groups is 1. The van der Waals surface area contributed by atoms with Crippen LogP contribution in [0.2, 0.25) is 0 Å². The molecule has 0 N–H and O–H groups in total. The smallest absolute Gasteiger partial charge is 0.240 e. The van der Waals surface area contributed by atoms with Gasteiger partial charge in [-0.15, -0.1) is 0 Å². The number of rotatable bonds is 7. The molecule has 1 aliphatic heterocycles. The number of likely N-dealkylation sites (tertiary alicyclic amines) is 1. The Bertz CT molecular complexity index is 767. The molecule has 0 unspecified atom stereocenters. The van der Waals surface area contributed by atoms with Gasteiger partial charge in [-0.1, -0.05) is 18.2 Å². The van der Waals surface area contributed by atoms with E-state index < -0.39 is 0 Å². The molecule has 144 valence electrons. The van der Waals surface area contributed by atoms with Crippen LogP contribution in [-0.2, 0) is 17.9 Å². The minimum atomic E-state index is -0.0710. The molecule has 1 fully saturated rings. The number of methoxy groups -OCH3 is 2. The fourth-order valence-electron chi connectivity index (χ4n) is 3.64. The van der Waals surface area contributed by atoms with E-state index in [9.17, 15) is 4.79 Å². The van der Waals surface area contributed by atoms with Gasteiger partial charge in [-0.3, -0.25) is 14.7 Å². The number of para-hydroxylation sites is 1. The largest absolute Gasteiger partial charge is 0.493 e. The predicted octanol–water partition coefficient (Wildman–Crippen LogP) is 2.72. The maximum Gasteiger partial charge on any atom is 0.240 e. The van der Waals surface area contributed by atoms with Crippen molar-refractivity contribution in [3.05, 3.63) is 53.9 Å². The molecule has 2 aromatic rings. The lowest BCUT2D eigenvalue weighted by atomic mass is 10.1. The summed E-state index contributed by atoms with van der Waals surface area (Å²) in [6.45, 7) is 1.93. The van der Waals surface area contributed by atoms with E-state index in [0.29, 0.717) is 24.6 Å². The Labute approximate surface area is 160 Å². The molecule has 0 radical (unpaired) electrons. The second-order valence-electron chi connectivity index (χ2n) is 6.85. The molecule has 1 aromatic carbocycles. The minimum Gasteiger partial charge on any atom is -0.493 e. The second kappa shape index (κ2) is 8.86. The molecule has 1 amide bonds. The van der Waals surface area contributed by atoms with Crippen LogP contribution in [0.15, 0.2) is 42.7 Å². The Kier molecular flexibility index (Phi) is 6.29. The average molecular weight is 369 g/mol. The number of hydrogen-bond donors (Lipinski definition) is 0. The lowest BCUT2D eigenvalue weighted by Gasteiger charge is -2.29. The number of aromatic nitrogens is 1. The first kappa shape index (κ1) is 19.2. The molecule has 0 aliphatic carbocycles. The van der Waals surface area contributed by atoms with Gasteiger partial charge in [0.15, 0.2) is 11.5 Å². The summed E-state index contributed by atoms with van der Waals surface area (Å²) in [5.74, 6) is 1.48. The predicted molar refractivity (Wildman–Crippen MR) is 104 cm³/mol. The summed E-state index contributed by atoms with van der Waals surface area (Å²) in [5, 5.41) is 0. The van der Waals surface area contributed by atoms with E-state index in [4.69, 9.17) is 9.47 Å². The van der Waals surface area contributed by atoms with Crippen molar-refractivity contribution in [2.45, 2.75) is 32.0 Å². The van der Waals surface area contributed by atoms with Gasteiger partial charge in [0.1, 0.15) is 0 Å². The molecule has 3 rings (SSSR count). The standard InChI is InChI=1S/C21H27N3O3/c1-23-12-6-9-18(23)21(25)24(14-16-7-5-11-22-13-16)15-17-8-4-10-19(26-2)20(17)27-3/h4-5,7-8,10-11,13,18H,6,9,12,14-15H2,1-3H3/t18-/m0/s1. The molecule has 0 bridgehead atoms. The van der Waals surface area contributed by atoms with Crippen molar-refractivity contribution in [3.63, 3.8) is 0 Å². The van der Waals surface area contributed by atoms with Crippen molar-refractivity contribution in [3.8, 4) is 11.5 Å². The fraction of sp³-hybridized carbons (Fsp3) is 0.429. The van der Waals surface area contributed by atoms with Crippen LogP contribution in [0.3, 0.4) is 0 Å². The molecule has 6 nitrogen and oxygen atoms in total. The molecule has 6 heteroatoms. The Morgan fingerprint density at radius 1 is 1.22 bits per heavy atom. The third kappa shape index (κ3) is 4.39. The topological polar surface area (TPSA) is 54.9 Å². The van der Waals surface area contributed by atoms with Crippen LogP contribution < -0.4 is 9.47 Å². The summed E-state index contributed by atoms with van der Waals surface area (Å²) in [6.07, 6.45) is 5.50. The van der Waals surface area contributed by atoms with Crippen molar-refractivity contribution in [2.24, 2.45) is 0 Å². The summed E-state index contributed by atoms with van der Waals surface area (Å²) < 4.78 is 11.0. The van der Waals surface area contributed by atoms with Gasteiger partial charge in [0.25, 0.3) is 0 Å². The van der Waals surface area contributed by atoms with E-state index >= 15 is 0 Å². The van der Waals surface area contributed by atoms with Gasteiger partial charge in [0.2, 0.25) is 5.91 Å². The first-order valence-electron chi connectivity index (χ1n) is 9.22. The average Bonchev–Trinajstić information content (AvgIpc) is 3.13. The molecule has 1 atom stereocenters. The van der Waals surface area contributed by atoms with Crippen LogP contribution in [0.5, 0.6) is 11.5 Å². The molecule has 27 heavy (non-hydrogen) atoms. The van der Waals surface area contributed by atoms with E-state index in [1.807, 2.05) is 42.3 Å². The summed E-state index contributed by atoms with van der Waals surface area (Å²) in [4.78, 5) is 21.5. The number of pyridine rings is 1. The molecule has 0 spiro atoms. The lowest BCUT2D eigenvalue weighted by molar-refractivity contribution is -0.136. The van der Waals surface area contributed by atoms with Crippen LogP contribution in [0.25, 0.3) is 0 Å². The number of ether oxygens (including phenoxy) is 2. The second-order valence-corrected chi connectivity index (χ2v) is 6.85. The van der Waals surface area contributed by atoms with Crippen LogP contribution in [0.1, 0.15) is 24.0 Å². The SMILES string of the molecule is COc1cccc(CN(Cc2cccnc2)C(=O)[C@@H]2CCCN2C)c1OC. The monoisotopic (exact) mass is 369 g/mol. The number of hydrogen-bond acceptors (Lipinski definition) is 5. The highest BCUT2D eigenvalue weighted by molar-refractivity contribution is 5.82. The summed E-state index contributed by atoms with van der Waals surface area (Å²) in [5.41, 5.74) is 1.93. The third-order valence-corrected chi connectivity index (χ3v) is 5.06. The summed E-state index contributed by atoms with van der Waals surface area (Å²) in [7, 11) is 5.26. The zero-order chi connectivity index (χ0) is 19.2. The summed E-state index contributed by atoms with van der Waals surface area (Å²) >= 11 is 0. The third-order valence-electron chi connectivity index (χ3n) is 5.06. The van der Waals surface area contributed by atoms with Crippen molar-refractivity contribution >= 4 is 5.91 Å². The van der Waals surface area contributed by atoms with Gasteiger partial charge < -0.3 is 14.4 Å². The minimum absolute atomic E-state index is 0.0710. The zero-order valence-corrected chi connectivity index (χ0v) is 16.2. The van der Waals surface area contributed by atoms with Gasteiger partial charge in [-0.05, 0) is 44.1 Å². The van der Waals surface area contributed by atoms with E-state index in [2.05, 4.69) is 9.88 Å². The Morgan fingerprint density at radius 3 is 2.70 bits per heavy atom. The van der Waals surface area contributed by atoms with Crippen molar-refractivity contribution in [1.29, 1.82) is 0 Å². The highest BCUT2D eigenvalue weighted by Gasteiger charge is 2.32. The van der Waals surface area contributed by atoms with Crippen molar-refractivity contribution in [2.75, 3.05) is 27.8 Å². The Hall–Kier alpha value is -2.60. The first-order chi connectivity index (χ1) is 13.1. The van der Waals surface area contributed by atoms with E-state index in [1.165, 1.54) is 0 Å². The van der Waals surface area contributed by atoms with Crippen molar-refractivity contribution in [1.82, 2.24) is 14.8 Å². The quantitative estimate of drug-likeness (QED) is 0.751. The maximum absolute atomic E-state index is 13.3. The fourth-order valence-corrected chi connectivity index (χ4v) is 3.64. The number of benzene rings is 1. The molecular weight excluding hydrogens is 342 g/mol. The Balaban J connectivity index is 1.89. The van der Waals surface area contributed by atoms with Crippen LogP contribution in [0, 0.1) is 0 Å². The molecule has 1 saturated heterocycles. The van der Waals surface area contributed by atoms with Gasteiger partial charge in [0, 0.05) is 31.0 Å². The zero-order valence-electron chi connectivity index (χ0n) is 16.2. The van der Waals surface area contributed by atoms with Gasteiger partial charge >= 0.3 is 0 Å². The number of nitrogens with zero attached hydrogens (tertiary/aromatic N) is 3. The molecule has 1 aliphatic rings. The highest BCUT2D eigenvalue weighted by Crippen LogP contribution is 2.32. The number of likely N-dealkylation sites (N-methyl/N-ethyl adjacent to an activating group) is 1. The molecular formula is C21H27N3O3. The normalized spacial score (nSPS) is 16.9. The van der Waals surface area contributed by atoms with Gasteiger partial charge in [-0.2, -0.15) is 0 Å². The van der Waals surface area contributed by atoms with Crippen molar-refractivity contribution < 1.29 is 14.3 Å². The Morgan fingerprint density at radius 2 is 2.07 bits per heavy atom. The van der Waals surface area contributed by atoms with Crippen LogP contribution >= 0.6 is 0 Å². The maximum atomic E-state index is 13.3. The number of amides is 1. The summed E-state index contributed by atoms with van der Waals surface area (Å²) in [6, 6.07) is 9.58. The molecule has 0 saturated carbocycles. The molecule has 1 aromatic heterocycles. The highest BCUT2D eigenvalue weighted by atomic mass is 16.5. The van der Waals surface area contributed by atoms with E-state index in [1.54, 1.807) is 26.6 Å². The lowest BCUT2D eigenvalue weighted by Crippen LogP contribution is -2.43. The van der Waals surface area contributed by atoms with Crippen LogP contribution in [0.4, 0.5) is 0 Å². The number of carbonyl (C=O) groups excluding carboxylic acids is 1. The van der Waals surface area contributed by atoms with Gasteiger partial charge in [-0.25, -0.2) is 0 Å². The van der Waals surface area contributed by atoms with E-state index in [-0.39, 0.29) is 11.9 Å². The van der Waals surface area contributed by atoms with E-state index in [0.717, 1.165) is 30.5 Å².